The van der Waals surface area contributed by atoms with E-state index in [-0.39, 0.29) is 17.5 Å². The van der Waals surface area contributed by atoms with Gasteiger partial charge in [-0.25, -0.2) is 0 Å². The summed E-state index contributed by atoms with van der Waals surface area (Å²) in [6, 6.07) is 11.3. The predicted molar refractivity (Wildman–Crippen MR) is 94.7 cm³/mol. The predicted octanol–water partition coefficient (Wildman–Crippen LogP) is 3.43. The maximum atomic E-state index is 10.0. The SMILES string of the molecule is C=CCN1CCc2ccc(O)cc2C1Cc1ccc(OC)c(O)c1. The van der Waals surface area contributed by atoms with Crippen molar-refractivity contribution in [2.75, 3.05) is 20.2 Å². The molecule has 4 heteroatoms. The molecule has 0 aliphatic carbocycles. The van der Waals surface area contributed by atoms with Crippen molar-refractivity contribution in [3.8, 4) is 17.2 Å². The van der Waals surface area contributed by atoms with Crippen LogP contribution in [0.4, 0.5) is 0 Å². The van der Waals surface area contributed by atoms with E-state index < -0.39 is 0 Å². The highest BCUT2D eigenvalue weighted by atomic mass is 16.5. The molecule has 126 valence electrons. The first-order chi connectivity index (χ1) is 11.6. The molecule has 2 aromatic rings. The van der Waals surface area contributed by atoms with Crippen LogP contribution in [0.15, 0.2) is 49.1 Å². The van der Waals surface area contributed by atoms with Gasteiger partial charge in [-0.05, 0) is 53.8 Å². The van der Waals surface area contributed by atoms with Gasteiger partial charge < -0.3 is 14.9 Å². The first-order valence-corrected chi connectivity index (χ1v) is 8.15. The molecule has 0 aromatic heterocycles. The minimum Gasteiger partial charge on any atom is -0.508 e. The van der Waals surface area contributed by atoms with Gasteiger partial charge in [0.15, 0.2) is 11.5 Å². The molecule has 1 atom stereocenters. The van der Waals surface area contributed by atoms with E-state index in [1.54, 1.807) is 25.3 Å². The Morgan fingerprint density at radius 2 is 2.08 bits per heavy atom. The highest BCUT2D eigenvalue weighted by Gasteiger charge is 2.27. The molecule has 0 saturated carbocycles. The summed E-state index contributed by atoms with van der Waals surface area (Å²) in [6.45, 7) is 5.61. The molecule has 1 unspecified atom stereocenters. The molecule has 24 heavy (non-hydrogen) atoms. The number of nitrogens with zero attached hydrogens (tertiary/aromatic N) is 1. The number of benzene rings is 2. The van der Waals surface area contributed by atoms with Crippen LogP contribution in [0.3, 0.4) is 0 Å². The van der Waals surface area contributed by atoms with Crippen molar-refractivity contribution >= 4 is 0 Å². The highest BCUT2D eigenvalue weighted by Crippen LogP contribution is 2.36. The number of ether oxygens (including phenoxy) is 1. The van der Waals surface area contributed by atoms with E-state index >= 15 is 0 Å². The third kappa shape index (κ3) is 3.24. The van der Waals surface area contributed by atoms with Crippen LogP contribution in [-0.2, 0) is 12.8 Å². The molecule has 0 bridgehead atoms. The minimum atomic E-state index is 0.145. The van der Waals surface area contributed by atoms with Gasteiger partial charge in [0.25, 0.3) is 0 Å². The third-order valence-corrected chi connectivity index (χ3v) is 4.63. The lowest BCUT2D eigenvalue weighted by Crippen LogP contribution is -2.36. The molecule has 0 radical (unpaired) electrons. The normalized spacial score (nSPS) is 17.3. The first-order valence-electron chi connectivity index (χ1n) is 8.15. The molecule has 1 heterocycles. The van der Waals surface area contributed by atoms with Crippen LogP contribution in [0.25, 0.3) is 0 Å². The smallest absolute Gasteiger partial charge is 0.160 e. The fourth-order valence-electron chi connectivity index (χ4n) is 3.45. The van der Waals surface area contributed by atoms with Gasteiger partial charge in [0.2, 0.25) is 0 Å². The summed E-state index contributed by atoms with van der Waals surface area (Å²) in [5.74, 6) is 0.914. The Morgan fingerprint density at radius 3 is 2.79 bits per heavy atom. The lowest BCUT2D eigenvalue weighted by atomic mass is 9.88. The van der Waals surface area contributed by atoms with E-state index in [0.717, 1.165) is 37.1 Å². The molecule has 0 fully saturated rings. The third-order valence-electron chi connectivity index (χ3n) is 4.63. The van der Waals surface area contributed by atoms with Crippen LogP contribution in [0.2, 0.25) is 0 Å². The van der Waals surface area contributed by atoms with Crippen molar-refractivity contribution in [3.63, 3.8) is 0 Å². The van der Waals surface area contributed by atoms with Crippen molar-refractivity contribution < 1.29 is 14.9 Å². The molecule has 1 aliphatic rings. The zero-order valence-electron chi connectivity index (χ0n) is 13.9. The maximum absolute atomic E-state index is 10.0. The molecule has 4 nitrogen and oxygen atoms in total. The van der Waals surface area contributed by atoms with Crippen LogP contribution in [-0.4, -0.2) is 35.3 Å². The Labute approximate surface area is 142 Å². The van der Waals surface area contributed by atoms with Crippen molar-refractivity contribution in [3.05, 3.63) is 65.7 Å². The van der Waals surface area contributed by atoms with Crippen LogP contribution in [0.1, 0.15) is 22.7 Å². The van der Waals surface area contributed by atoms with Gasteiger partial charge in [0, 0.05) is 19.1 Å². The molecule has 2 N–H and O–H groups in total. The van der Waals surface area contributed by atoms with Gasteiger partial charge in [-0.1, -0.05) is 18.2 Å². The molecule has 0 saturated heterocycles. The summed E-state index contributed by atoms with van der Waals surface area (Å²) < 4.78 is 5.11. The molecular formula is C20H23NO3. The van der Waals surface area contributed by atoms with Gasteiger partial charge in [-0.3, -0.25) is 4.90 Å². The summed E-state index contributed by atoms with van der Waals surface area (Å²) in [5.41, 5.74) is 3.46. The number of phenolic OH excluding ortho intramolecular Hbond substituents is 2. The summed E-state index contributed by atoms with van der Waals surface area (Å²) in [5, 5.41) is 19.9. The number of phenols is 2. The van der Waals surface area contributed by atoms with Gasteiger partial charge in [0.05, 0.1) is 7.11 Å². The van der Waals surface area contributed by atoms with Crippen molar-refractivity contribution in [2.24, 2.45) is 0 Å². The number of fused-ring (bicyclic) bond motifs is 1. The van der Waals surface area contributed by atoms with E-state index in [2.05, 4.69) is 11.5 Å². The molecule has 0 amide bonds. The number of methoxy groups -OCH3 is 1. The standard InChI is InChI=1S/C20H23NO3/c1-3-9-21-10-8-15-5-6-16(22)13-17(15)18(21)11-14-4-7-20(24-2)19(23)12-14/h3-7,12-13,18,22-23H,1,8-11H2,2H3. The number of rotatable bonds is 5. The van der Waals surface area contributed by atoms with E-state index in [1.165, 1.54) is 5.56 Å². The Bertz CT molecular complexity index is 742. The molecular weight excluding hydrogens is 302 g/mol. The van der Waals surface area contributed by atoms with Crippen LogP contribution < -0.4 is 4.74 Å². The second-order valence-corrected chi connectivity index (χ2v) is 6.14. The monoisotopic (exact) mass is 325 g/mol. The largest absolute Gasteiger partial charge is 0.508 e. The minimum absolute atomic E-state index is 0.145. The number of aromatic hydroxyl groups is 2. The average molecular weight is 325 g/mol. The topological polar surface area (TPSA) is 52.9 Å². The van der Waals surface area contributed by atoms with E-state index in [1.807, 2.05) is 24.3 Å². The highest BCUT2D eigenvalue weighted by molar-refractivity contribution is 5.44. The second kappa shape index (κ2) is 6.97. The Morgan fingerprint density at radius 1 is 1.25 bits per heavy atom. The fraction of sp³-hybridized carbons (Fsp3) is 0.300. The van der Waals surface area contributed by atoms with E-state index in [9.17, 15) is 10.2 Å². The van der Waals surface area contributed by atoms with Gasteiger partial charge >= 0.3 is 0 Å². The lowest BCUT2D eigenvalue weighted by Gasteiger charge is -2.37. The molecule has 3 rings (SSSR count). The number of hydrogen-bond acceptors (Lipinski definition) is 4. The molecule has 1 aliphatic heterocycles. The zero-order valence-corrected chi connectivity index (χ0v) is 13.9. The first kappa shape index (κ1) is 16.4. The zero-order chi connectivity index (χ0) is 17.1. The Balaban J connectivity index is 1.94. The average Bonchev–Trinajstić information content (AvgIpc) is 2.57. The Kier molecular flexibility index (Phi) is 4.76. The Hall–Kier alpha value is -2.46. The molecule has 2 aromatic carbocycles. The summed E-state index contributed by atoms with van der Waals surface area (Å²) in [7, 11) is 1.54. The second-order valence-electron chi connectivity index (χ2n) is 6.14. The lowest BCUT2D eigenvalue weighted by molar-refractivity contribution is 0.204. The van der Waals surface area contributed by atoms with E-state index in [0.29, 0.717) is 5.75 Å². The van der Waals surface area contributed by atoms with Crippen molar-refractivity contribution in [1.82, 2.24) is 4.90 Å². The van der Waals surface area contributed by atoms with Crippen molar-refractivity contribution in [1.29, 1.82) is 0 Å². The van der Waals surface area contributed by atoms with Gasteiger partial charge in [-0.2, -0.15) is 0 Å². The van der Waals surface area contributed by atoms with Gasteiger partial charge in [-0.15, -0.1) is 6.58 Å². The van der Waals surface area contributed by atoms with Crippen molar-refractivity contribution in [2.45, 2.75) is 18.9 Å². The molecule has 0 spiro atoms. The number of hydrogen-bond donors (Lipinski definition) is 2. The summed E-state index contributed by atoms with van der Waals surface area (Å²) in [6.07, 6.45) is 3.63. The van der Waals surface area contributed by atoms with Crippen LogP contribution in [0.5, 0.6) is 17.2 Å². The maximum Gasteiger partial charge on any atom is 0.160 e. The quantitative estimate of drug-likeness (QED) is 0.827. The summed E-state index contributed by atoms with van der Waals surface area (Å²) >= 11 is 0. The van der Waals surface area contributed by atoms with Gasteiger partial charge in [0.1, 0.15) is 5.75 Å². The summed E-state index contributed by atoms with van der Waals surface area (Å²) in [4.78, 5) is 2.36. The van der Waals surface area contributed by atoms with Crippen LogP contribution in [0, 0.1) is 0 Å². The van der Waals surface area contributed by atoms with Crippen LogP contribution >= 0.6 is 0 Å². The van der Waals surface area contributed by atoms with E-state index in [4.69, 9.17) is 4.74 Å². The fourth-order valence-corrected chi connectivity index (χ4v) is 3.45.